The average Bonchev–Trinajstić information content (AvgIpc) is 2.88. The van der Waals surface area contributed by atoms with Gasteiger partial charge >= 0.3 is 0 Å². The lowest BCUT2D eigenvalue weighted by Gasteiger charge is -2.08. The zero-order chi connectivity index (χ0) is 15.4. The largest absolute Gasteiger partial charge is 0.324 e. The Morgan fingerprint density at radius 1 is 1.57 bits per heavy atom. The van der Waals surface area contributed by atoms with Gasteiger partial charge in [-0.2, -0.15) is 5.26 Å². The van der Waals surface area contributed by atoms with Crippen LogP contribution >= 0.6 is 0 Å². The van der Waals surface area contributed by atoms with Crippen LogP contribution in [0.15, 0.2) is 24.5 Å². The number of hydrogen-bond donors (Lipinski definition) is 1. The monoisotopic (exact) mass is 286 g/mol. The second-order valence-corrected chi connectivity index (χ2v) is 4.18. The van der Waals surface area contributed by atoms with Crippen molar-refractivity contribution < 1.29 is 9.72 Å². The first kappa shape index (κ1) is 14.1. The Bertz CT molecular complexity index is 746. The fourth-order valence-electron chi connectivity index (χ4n) is 1.62. The first-order valence-corrected chi connectivity index (χ1v) is 5.84. The van der Waals surface area contributed by atoms with Gasteiger partial charge in [-0.1, -0.05) is 6.07 Å². The number of anilines is 1. The molecule has 0 fully saturated rings. The van der Waals surface area contributed by atoms with Crippen LogP contribution in [0.25, 0.3) is 0 Å². The van der Waals surface area contributed by atoms with E-state index in [1.807, 2.05) is 0 Å². The standard InChI is InChI=1S/C12H10N6O3/c1-8-2-3-9(18(20)21)4-10(8)15-12(19)6-17-7-14-11(5-13)16-17/h2-4,7H,6H2,1H3,(H,15,19). The molecule has 0 unspecified atom stereocenters. The normalized spacial score (nSPS) is 9.90. The highest BCUT2D eigenvalue weighted by molar-refractivity contribution is 5.91. The molecule has 0 aliphatic rings. The van der Waals surface area contributed by atoms with E-state index in [9.17, 15) is 14.9 Å². The Labute approximate surface area is 119 Å². The number of aryl methyl sites for hydroxylation is 1. The van der Waals surface area contributed by atoms with Gasteiger partial charge in [0.2, 0.25) is 5.91 Å². The Morgan fingerprint density at radius 2 is 2.33 bits per heavy atom. The number of rotatable bonds is 4. The fourth-order valence-corrected chi connectivity index (χ4v) is 1.62. The lowest BCUT2D eigenvalue weighted by molar-refractivity contribution is -0.384. The Morgan fingerprint density at radius 3 is 2.95 bits per heavy atom. The summed E-state index contributed by atoms with van der Waals surface area (Å²) in [4.78, 5) is 25.7. The molecule has 1 amide bonds. The molecule has 1 N–H and O–H groups in total. The van der Waals surface area contributed by atoms with Crippen molar-refractivity contribution in [3.05, 3.63) is 46.0 Å². The van der Waals surface area contributed by atoms with Gasteiger partial charge in [-0.15, -0.1) is 5.10 Å². The van der Waals surface area contributed by atoms with E-state index in [1.165, 1.54) is 23.1 Å². The molecule has 106 valence electrons. The molecule has 0 saturated carbocycles. The highest BCUT2D eigenvalue weighted by Gasteiger charge is 2.12. The first-order valence-electron chi connectivity index (χ1n) is 5.84. The molecule has 1 aromatic heterocycles. The van der Waals surface area contributed by atoms with Gasteiger partial charge in [0.15, 0.2) is 0 Å². The summed E-state index contributed by atoms with van der Waals surface area (Å²) in [6, 6.07) is 5.95. The summed E-state index contributed by atoms with van der Waals surface area (Å²) < 4.78 is 1.21. The highest BCUT2D eigenvalue weighted by atomic mass is 16.6. The van der Waals surface area contributed by atoms with Crippen molar-refractivity contribution in [2.24, 2.45) is 0 Å². The zero-order valence-electron chi connectivity index (χ0n) is 11.0. The van der Waals surface area contributed by atoms with Gasteiger partial charge in [0.25, 0.3) is 11.5 Å². The third-order valence-corrected chi connectivity index (χ3v) is 2.65. The van der Waals surface area contributed by atoms with Gasteiger partial charge in [0.1, 0.15) is 18.9 Å². The quantitative estimate of drug-likeness (QED) is 0.660. The van der Waals surface area contributed by atoms with Crippen LogP contribution < -0.4 is 5.32 Å². The number of carbonyl (C=O) groups excluding carboxylic acids is 1. The van der Waals surface area contributed by atoms with E-state index in [2.05, 4.69) is 15.4 Å². The number of carbonyl (C=O) groups is 1. The number of nitro benzene ring substituents is 1. The fraction of sp³-hybridized carbons (Fsp3) is 0.167. The Balaban J connectivity index is 2.10. The number of aromatic nitrogens is 3. The summed E-state index contributed by atoms with van der Waals surface area (Å²) in [6.45, 7) is 1.58. The topological polar surface area (TPSA) is 127 Å². The maximum Gasteiger partial charge on any atom is 0.271 e. The smallest absolute Gasteiger partial charge is 0.271 e. The number of nitro groups is 1. The summed E-state index contributed by atoms with van der Waals surface area (Å²) in [7, 11) is 0. The van der Waals surface area contributed by atoms with Crippen molar-refractivity contribution in [1.29, 1.82) is 5.26 Å². The maximum atomic E-state index is 11.9. The van der Waals surface area contributed by atoms with Crippen molar-refractivity contribution >= 4 is 17.3 Å². The molecule has 1 heterocycles. The average molecular weight is 286 g/mol. The zero-order valence-corrected chi connectivity index (χ0v) is 11.0. The van der Waals surface area contributed by atoms with Crippen molar-refractivity contribution in [3.8, 4) is 6.07 Å². The number of nitriles is 1. The second kappa shape index (κ2) is 5.79. The number of nitrogens with one attached hydrogen (secondary N) is 1. The summed E-state index contributed by atoms with van der Waals surface area (Å²) in [6.07, 6.45) is 1.26. The van der Waals surface area contributed by atoms with Crippen LogP contribution in [0.3, 0.4) is 0 Å². The molecule has 2 rings (SSSR count). The molecule has 0 aliphatic carbocycles. The van der Waals surface area contributed by atoms with Crippen molar-refractivity contribution in [2.75, 3.05) is 5.32 Å². The van der Waals surface area contributed by atoms with Crippen molar-refractivity contribution in [3.63, 3.8) is 0 Å². The second-order valence-electron chi connectivity index (χ2n) is 4.18. The maximum absolute atomic E-state index is 11.9. The molecule has 0 aliphatic heterocycles. The molecule has 9 heteroatoms. The minimum Gasteiger partial charge on any atom is -0.324 e. The van der Waals surface area contributed by atoms with E-state index in [0.29, 0.717) is 11.3 Å². The lowest BCUT2D eigenvalue weighted by atomic mass is 10.2. The number of hydrogen-bond acceptors (Lipinski definition) is 6. The van der Waals surface area contributed by atoms with E-state index in [-0.39, 0.29) is 18.1 Å². The predicted molar refractivity (Wildman–Crippen MR) is 71.2 cm³/mol. The van der Waals surface area contributed by atoms with E-state index in [1.54, 1.807) is 19.1 Å². The summed E-state index contributed by atoms with van der Waals surface area (Å²) in [5.41, 5.74) is 0.948. The van der Waals surface area contributed by atoms with E-state index in [4.69, 9.17) is 5.26 Å². The van der Waals surface area contributed by atoms with Gasteiger partial charge in [-0.3, -0.25) is 14.9 Å². The molecule has 0 atom stereocenters. The number of amides is 1. The highest BCUT2D eigenvalue weighted by Crippen LogP contribution is 2.21. The summed E-state index contributed by atoms with van der Waals surface area (Å²) in [5.74, 6) is -0.456. The SMILES string of the molecule is Cc1ccc([N+](=O)[O-])cc1NC(=O)Cn1cnc(C#N)n1. The molecule has 0 bridgehead atoms. The lowest BCUT2D eigenvalue weighted by Crippen LogP contribution is -2.19. The van der Waals surface area contributed by atoms with Crippen LogP contribution in [-0.4, -0.2) is 25.6 Å². The van der Waals surface area contributed by atoms with Gasteiger partial charge < -0.3 is 5.32 Å². The van der Waals surface area contributed by atoms with Crippen molar-refractivity contribution in [2.45, 2.75) is 13.5 Å². The minimum atomic E-state index is -0.536. The molecular formula is C12H10N6O3. The molecule has 9 nitrogen and oxygen atoms in total. The molecule has 0 radical (unpaired) electrons. The number of benzene rings is 1. The van der Waals surface area contributed by atoms with Gasteiger partial charge in [0.05, 0.1) is 10.6 Å². The van der Waals surface area contributed by atoms with Crippen LogP contribution in [0, 0.1) is 28.4 Å². The van der Waals surface area contributed by atoms with Crippen LogP contribution in [0.5, 0.6) is 0 Å². The van der Waals surface area contributed by atoms with E-state index >= 15 is 0 Å². The number of nitrogens with zero attached hydrogens (tertiary/aromatic N) is 5. The molecular weight excluding hydrogens is 276 g/mol. The van der Waals surface area contributed by atoms with Crippen LogP contribution in [0.1, 0.15) is 11.4 Å². The summed E-state index contributed by atoms with van der Waals surface area (Å²) in [5, 5.41) is 25.6. The van der Waals surface area contributed by atoms with Crippen molar-refractivity contribution in [1.82, 2.24) is 14.8 Å². The summed E-state index contributed by atoms with van der Waals surface area (Å²) >= 11 is 0. The van der Waals surface area contributed by atoms with Crippen LogP contribution in [0.2, 0.25) is 0 Å². The predicted octanol–water partition coefficient (Wildman–Crippen LogP) is 1.01. The van der Waals surface area contributed by atoms with Gasteiger partial charge in [-0.25, -0.2) is 9.67 Å². The van der Waals surface area contributed by atoms with Gasteiger partial charge in [0, 0.05) is 12.1 Å². The third-order valence-electron chi connectivity index (χ3n) is 2.65. The number of non-ortho nitro benzene ring substituents is 1. The Kier molecular flexibility index (Phi) is 3.90. The molecule has 2 aromatic rings. The van der Waals surface area contributed by atoms with Gasteiger partial charge in [-0.05, 0) is 12.5 Å². The molecule has 21 heavy (non-hydrogen) atoms. The van der Waals surface area contributed by atoms with E-state index in [0.717, 1.165) is 0 Å². The minimum absolute atomic E-state index is 0.0330. The van der Waals surface area contributed by atoms with E-state index < -0.39 is 10.8 Å². The third kappa shape index (κ3) is 3.38. The molecule has 0 spiro atoms. The first-order chi connectivity index (χ1) is 9.99. The Hall–Kier alpha value is -3.28. The van der Waals surface area contributed by atoms with Crippen LogP contribution in [-0.2, 0) is 11.3 Å². The molecule has 1 aromatic carbocycles. The van der Waals surface area contributed by atoms with Crippen LogP contribution in [0.4, 0.5) is 11.4 Å². The molecule has 0 saturated heterocycles.